The molecular weight excluding hydrogens is 235 g/mol. The van der Waals surface area contributed by atoms with Gasteiger partial charge in [-0.25, -0.2) is 4.39 Å². The van der Waals surface area contributed by atoms with Gasteiger partial charge in [-0.15, -0.1) is 0 Å². The summed E-state index contributed by atoms with van der Waals surface area (Å²) in [6.07, 6.45) is 1.31. The number of hydrogen-bond acceptors (Lipinski definition) is 4. The molecule has 1 atom stereocenters. The summed E-state index contributed by atoms with van der Waals surface area (Å²) in [5.41, 5.74) is 6.53. The maximum Gasteiger partial charge on any atom is 0.181 e. The molecule has 1 aromatic carbocycles. The van der Waals surface area contributed by atoms with Gasteiger partial charge in [0.05, 0.1) is 6.61 Å². The fraction of sp³-hybridized carbons (Fsp3) is 0.308. The van der Waals surface area contributed by atoms with Crippen molar-refractivity contribution in [3.8, 4) is 5.75 Å². The molecule has 0 bridgehead atoms. The van der Waals surface area contributed by atoms with Crippen LogP contribution < -0.4 is 10.5 Å². The van der Waals surface area contributed by atoms with Crippen molar-refractivity contribution in [2.75, 3.05) is 19.5 Å². The first-order chi connectivity index (χ1) is 8.63. The van der Waals surface area contributed by atoms with Gasteiger partial charge in [-0.2, -0.15) is 0 Å². The molecule has 0 spiro atoms. The second-order valence-electron chi connectivity index (χ2n) is 4.06. The molecule has 1 unspecified atom stereocenters. The number of benzene rings is 1. The molecule has 0 radical (unpaired) electrons. The van der Waals surface area contributed by atoms with E-state index < -0.39 is 5.82 Å². The van der Waals surface area contributed by atoms with Crippen LogP contribution in [0.5, 0.6) is 5.75 Å². The summed E-state index contributed by atoms with van der Waals surface area (Å²) in [7, 11) is 1.57. The third kappa shape index (κ3) is 2.36. The van der Waals surface area contributed by atoms with Gasteiger partial charge in [0.2, 0.25) is 0 Å². The van der Waals surface area contributed by atoms with Crippen LogP contribution in [0.25, 0.3) is 10.9 Å². The lowest BCUT2D eigenvalue weighted by atomic mass is 10.1. The number of methoxy groups -OCH3 is 1. The smallest absolute Gasteiger partial charge is 0.181 e. The fourth-order valence-electron chi connectivity index (χ4n) is 1.79. The Hall–Kier alpha value is -1.88. The lowest BCUT2D eigenvalue weighted by molar-refractivity contribution is 0.0903. The van der Waals surface area contributed by atoms with E-state index in [9.17, 15) is 4.39 Å². The Morgan fingerprint density at radius 1 is 1.50 bits per heavy atom. The van der Waals surface area contributed by atoms with Crippen LogP contribution in [-0.2, 0) is 4.74 Å². The summed E-state index contributed by atoms with van der Waals surface area (Å²) in [6, 6.07) is 4.78. The summed E-state index contributed by atoms with van der Waals surface area (Å²) in [5, 5.41) is 0.679. The Morgan fingerprint density at radius 3 is 3.00 bits per heavy atom. The summed E-state index contributed by atoms with van der Waals surface area (Å²) in [4.78, 5) is 4.13. The first-order valence-corrected chi connectivity index (χ1v) is 5.61. The van der Waals surface area contributed by atoms with E-state index in [1.807, 2.05) is 0 Å². The highest BCUT2D eigenvalue weighted by Crippen LogP contribution is 2.32. The highest BCUT2D eigenvalue weighted by atomic mass is 19.1. The molecule has 1 heterocycles. The zero-order chi connectivity index (χ0) is 13.1. The third-order valence-electron chi connectivity index (χ3n) is 2.55. The minimum Gasteiger partial charge on any atom is -0.483 e. The minimum absolute atomic E-state index is 0.115. The van der Waals surface area contributed by atoms with Gasteiger partial charge in [-0.05, 0) is 19.1 Å². The summed E-state index contributed by atoms with van der Waals surface area (Å²) in [5.74, 6) is -0.397. The van der Waals surface area contributed by atoms with Gasteiger partial charge in [0, 0.05) is 30.4 Å². The number of ether oxygens (including phenoxy) is 2. The number of nitrogens with zero attached hydrogens (tertiary/aromatic N) is 1. The SMILES string of the molecule is COCC(C)Oc1c(F)cc(N)c2cccnc12. The molecule has 0 aliphatic rings. The van der Waals surface area contributed by atoms with Crippen molar-refractivity contribution >= 4 is 16.6 Å². The second-order valence-corrected chi connectivity index (χ2v) is 4.06. The van der Waals surface area contributed by atoms with Crippen LogP contribution >= 0.6 is 0 Å². The van der Waals surface area contributed by atoms with Crippen molar-refractivity contribution in [2.45, 2.75) is 13.0 Å². The van der Waals surface area contributed by atoms with Gasteiger partial charge in [-0.3, -0.25) is 4.98 Å². The number of nitrogen functional groups attached to an aromatic ring is 1. The molecule has 4 nitrogen and oxygen atoms in total. The van der Waals surface area contributed by atoms with E-state index in [2.05, 4.69) is 4.98 Å². The van der Waals surface area contributed by atoms with Gasteiger partial charge in [0.15, 0.2) is 11.6 Å². The fourth-order valence-corrected chi connectivity index (χ4v) is 1.79. The second kappa shape index (κ2) is 5.18. The molecule has 0 aliphatic heterocycles. The maximum atomic E-state index is 13.9. The predicted molar refractivity (Wildman–Crippen MR) is 68.1 cm³/mol. The number of anilines is 1. The van der Waals surface area contributed by atoms with E-state index in [4.69, 9.17) is 15.2 Å². The zero-order valence-electron chi connectivity index (χ0n) is 10.3. The molecule has 0 fully saturated rings. The highest BCUT2D eigenvalue weighted by Gasteiger charge is 2.15. The molecule has 2 rings (SSSR count). The number of hydrogen-bond donors (Lipinski definition) is 1. The number of halogens is 1. The Balaban J connectivity index is 2.49. The van der Waals surface area contributed by atoms with Gasteiger partial charge in [0.25, 0.3) is 0 Å². The molecule has 0 saturated heterocycles. The van der Waals surface area contributed by atoms with Crippen LogP contribution in [0.4, 0.5) is 10.1 Å². The minimum atomic E-state index is -0.512. The summed E-state index contributed by atoms with van der Waals surface area (Å²) < 4.78 is 24.4. The van der Waals surface area contributed by atoms with Gasteiger partial charge in [-0.1, -0.05) is 0 Å². The van der Waals surface area contributed by atoms with E-state index in [-0.39, 0.29) is 11.9 Å². The van der Waals surface area contributed by atoms with E-state index in [1.54, 1.807) is 32.4 Å². The van der Waals surface area contributed by atoms with Crippen molar-refractivity contribution < 1.29 is 13.9 Å². The van der Waals surface area contributed by atoms with Crippen LogP contribution in [0.3, 0.4) is 0 Å². The number of pyridine rings is 1. The molecule has 18 heavy (non-hydrogen) atoms. The Labute approximate surface area is 105 Å². The van der Waals surface area contributed by atoms with Crippen molar-refractivity contribution in [1.82, 2.24) is 4.98 Å². The first kappa shape index (κ1) is 12.6. The molecule has 5 heteroatoms. The number of rotatable bonds is 4. The number of aromatic nitrogens is 1. The Kier molecular flexibility index (Phi) is 3.62. The van der Waals surface area contributed by atoms with E-state index in [0.717, 1.165) is 0 Å². The van der Waals surface area contributed by atoms with Crippen molar-refractivity contribution in [3.63, 3.8) is 0 Å². The van der Waals surface area contributed by atoms with Crippen LogP contribution in [0.15, 0.2) is 24.4 Å². The highest BCUT2D eigenvalue weighted by molar-refractivity contribution is 5.94. The van der Waals surface area contributed by atoms with Gasteiger partial charge in [0.1, 0.15) is 11.6 Å². The van der Waals surface area contributed by atoms with Gasteiger partial charge < -0.3 is 15.2 Å². The van der Waals surface area contributed by atoms with Crippen molar-refractivity contribution in [2.24, 2.45) is 0 Å². The summed E-state index contributed by atoms with van der Waals surface area (Å²) >= 11 is 0. The molecule has 1 aromatic heterocycles. The lowest BCUT2D eigenvalue weighted by Crippen LogP contribution is -2.19. The summed E-state index contributed by atoms with van der Waals surface area (Å²) in [6.45, 7) is 2.17. The van der Waals surface area contributed by atoms with Crippen LogP contribution in [-0.4, -0.2) is 24.8 Å². The maximum absolute atomic E-state index is 13.9. The molecule has 0 amide bonds. The molecule has 0 aliphatic carbocycles. The van der Waals surface area contributed by atoms with Gasteiger partial charge >= 0.3 is 0 Å². The number of nitrogens with two attached hydrogens (primary N) is 1. The standard InChI is InChI=1S/C13H15FN2O2/c1-8(7-17-2)18-13-10(14)6-11(15)9-4-3-5-16-12(9)13/h3-6,8H,7,15H2,1-2H3. The lowest BCUT2D eigenvalue weighted by Gasteiger charge is -2.16. The first-order valence-electron chi connectivity index (χ1n) is 5.61. The number of fused-ring (bicyclic) bond motifs is 1. The van der Waals surface area contributed by atoms with E-state index in [1.165, 1.54) is 6.07 Å². The zero-order valence-corrected chi connectivity index (χ0v) is 10.3. The molecular formula is C13H15FN2O2. The van der Waals surface area contributed by atoms with E-state index >= 15 is 0 Å². The molecule has 2 aromatic rings. The normalized spacial score (nSPS) is 12.6. The monoisotopic (exact) mass is 250 g/mol. The predicted octanol–water partition coefficient (Wildman–Crippen LogP) is 2.37. The Morgan fingerprint density at radius 2 is 2.28 bits per heavy atom. The van der Waals surface area contributed by atoms with Crippen molar-refractivity contribution in [1.29, 1.82) is 0 Å². The Bertz CT molecular complexity index is 560. The average molecular weight is 250 g/mol. The molecule has 0 saturated carbocycles. The third-order valence-corrected chi connectivity index (χ3v) is 2.55. The van der Waals surface area contributed by atoms with Crippen LogP contribution in [0.2, 0.25) is 0 Å². The quantitative estimate of drug-likeness (QED) is 0.846. The van der Waals surface area contributed by atoms with Crippen molar-refractivity contribution in [3.05, 3.63) is 30.2 Å². The van der Waals surface area contributed by atoms with Crippen LogP contribution in [0.1, 0.15) is 6.92 Å². The topological polar surface area (TPSA) is 57.4 Å². The molecule has 2 N–H and O–H groups in total. The average Bonchev–Trinajstić information content (AvgIpc) is 2.35. The van der Waals surface area contributed by atoms with Crippen LogP contribution in [0, 0.1) is 5.82 Å². The van der Waals surface area contributed by atoms with E-state index in [0.29, 0.717) is 23.2 Å². The molecule has 96 valence electrons. The largest absolute Gasteiger partial charge is 0.483 e.